The van der Waals surface area contributed by atoms with E-state index in [1.165, 1.54) is 4.90 Å². The van der Waals surface area contributed by atoms with Crippen molar-refractivity contribution in [2.45, 2.75) is 24.5 Å². The van der Waals surface area contributed by atoms with Crippen molar-refractivity contribution in [3.8, 4) is 5.75 Å². The average molecular weight is 615 g/mol. The van der Waals surface area contributed by atoms with Crippen molar-refractivity contribution in [1.29, 1.82) is 0 Å². The molecule has 6 rings (SSSR count). The summed E-state index contributed by atoms with van der Waals surface area (Å²) in [7, 11) is 8.44. The molecule has 3 aromatic rings. The van der Waals surface area contributed by atoms with Gasteiger partial charge in [-0.2, -0.15) is 0 Å². The van der Waals surface area contributed by atoms with E-state index in [2.05, 4.69) is 4.98 Å². The number of para-hydroxylation sites is 1. The molecule has 0 bridgehead atoms. The molecule has 0 radical (unpaired) electrons. The lowest BCUT2D eigenvalue weighted by molar-refractivity contribution is -0.153. The van der Waals surface area contributed by atoms with Crippen LogP contribution in [0, 0.1) is 11.8 Å². The topological polar surface area (TPSA) is 180 Å². The molecule has 0 aliphatic heterocycles. The summed E-state index contributed by atoms with van der Waals surface area (Å²) in [5.41, 5.74) is 4.98. The monoisotopic (exact) mass is 614 g/mol. The summed E-state index contributed by atoms with van der Waals surface area (Å²) in [4.78, 5) is 47.8. The van der Waals surface area contributed by atoms with Crippen molar-refractivity contribution in [1.82, 2.24) is 9.88 Å². The van der Waals surface area contributed by atoms with E-state index in [4.69, 9.17) is 14.9 Å². The number of ketones is 2. The number of benzene rings is 2. The minimum atomic E-state index is -2.66. The number of aromatic nitrogens is 1. The van der Waals surface area contributed by atoms with Crippen LogP contribution in [0.15, 0.2) is 51.7 Å². The molecule has 2 aromatic carbocycles. The maximum absolute atomic E-state index is 14.2. The average Bonchev–Trinajstić information content (AvgIpc) is 3.40. The molecule has 1 aromatic heterocycles. The Balaban J connectivity index is 1.54. The Bertz CT molecular complexity index is 1880. The second kappa shape index (κ2) is 10.6. The first-order valence-corrected chi connectivity index (χ1v) is 14.4. The lowest BCUT2D eigenvalue weighted by Gasteiger charge is -2.50. The highest BCUT2D eigenvalue weighted by Gasteiger charge is 2.64. The number of fused-ring (bicyclic) bond motifs is 5. The van der Waals surface area contributed by atoms with Gasteiger partial charge in [0.15, 0.2) is 17.0 Å². The molecule has 5 N–H and O–H groups in total. The van der Waals surface area contributed by atoms with Crippen LogP contribution in [0.2, 0.25) is 0 Å². The van der Waals surface area contributed by atoms with E-state index in [1.54, 1.807) is 33.4 Å². The number of primary amides is 1. The fourth-order valence-electron chi connectivity index (χ4n) is 7.13. The van der Waals surface area contributed by atoms with Gasteiger partial charge in [0.1, 0.15) is 28.4 Å². The number of methoxy groups -OCH3 is 1. The van der Waals surface area contributed by atoms with Gasteiger partial charge in [0.05, 0.1) is 18.7 Å². The molecule has 234 valence electrons. The van der Waals surface area contributed by atoms with Crippen molar-refractivity contribution in [3.63, 3.8) is 0 Å². The summed E-state index contributed by atoms with van der Waals surface area (Å²) in [6, 6.07) is 8.16. The lowest BCUT2D eigenvalue weighted by atomic mass is 9.57. The van der Waals surface area contributed by atoms with Gasteiger partial charge in [-0.15, -0.1) is 0 Å². The third-order valence-electron chi connectivity index (χ3n) is 9.12. The third-order valence-corrected chi connectivity index (χ3v) is 9.12. The van der Waals surface area contributed by atoms with E-state index < -0.39 is 58.0 Å². The second-order valence-electron chi connectivity index (χ2n) is 12.1. The highest BCUT2D eigenvalue weighted by atomic mass is 16.5. The molecule has 2 unspecified atom stereocenters. The van der Waals surface area contributed by atoms with Crippen LogP contribution >= 0.6 is 0 Å². The normalized spacial score (nSPS) is 24.7. The maximum atomic E-state index is 14.2. The third kappa shape index (κ3) is 4.35. The van der Waals surface area contributed by atoms with E-state index in [0.717, 1.165) is 11.3 Å². The summed E-state index contributed by atoms with van der Waals surface area (Å²) in [6.07, 6.45) is 3.78. The first kappa shape index (κ1) is 30.1. The zero-order valence-corrected chi connectivity index (χ0v) is 25.5. The number of rotatable bonds is 6. The van der Waals surface area contributed by atoms with Gasteiger partial charge in [-0.1, -0.05) is 18.2 Å². The van der Waals surface area contributed by atoms with Gasteiger partial charge >= 0.3 is 0 Å². The van der Waals surface area contributed by atoms with Gasteiger partial charge in [0.25, 0.3) is 5.91 Å². The van der Waals surface area contributed by atoms with Crippen molar-refractivity contribution in [2.75, 3.05) is 40.2 Å². The Morgan fingerprint density at radius 1 is 1.16 bits per heavy atom. The molecule has 1 heterocycles. The van der Waals surface area contributed by atoms with Crippen LogP contribution in [0.4, 0.5) is 5.69 Å². The molecular formula is C33H34N4O8. The van der Waals surface area contributed by atoms with Crippen LogP contribution in [-0.2, 0) is 20.8 Å². The summed E-state index contributed by atoms with van der Waals surface area (Å²) in [5, 5.41) is 34.9. The minimum Gasteiger partial charge on any atom is -0.508 e. The number of Topliss-reactive ketones (excluding diaryl/α,β-unsaturated/α-hetero) is 2. The van der Waals surface area contributed by atoms with E-state index in [0.29, 0.717) is 16.8 Å². The predicted molar refractivity (Wildman–Crippen MR) is 166 cm³/mol. The largest absolute Gasteiger partial charge is 0.508 e. The van der Waals surface area contributed by atoms with Crippen molar-refractivity contribution in [2.24, 2.45) is 17.6 Å². The van der Waals surface area contributed by atoms with Gasteiger partial charge in [-0.05, 0) is 56.6 Å². The summed E-state index contributed by atoms with van der Waals surface area (Å²) in [6.45, 7) is 0. The van der Waals surface area contributed by atoms with Crippen molar-refractivity contribution in [3.05, 3.63) is 69.8 Å². The van der Waals surface area contributed by atoms with Crippen LogP contribution < -0.4 is 15.4 Å². The lowest BCUT2D eigenvalue weighted by Crippen LogP contribution is -2.65. The first-order valence-electron chi connectivity index (χ1n) is 14.4. The Labute approximate surface area is 258 Å². The van der Waals surface area contributed by atoms with Gasteiger partial charge in [0, 0.05) is 42.9 Å². The molecule has 3 aliphatic rings. The Morgan fingerprint density at radius 3 is 2.51 bits per heavy atom. The van der Waals surface area contributed by atoms with Crippen LogP contribution in [0.1, 0.15) is 29.0 Å². The fraction of sp³-hybridized carbons (Fsp3) is 0.333. The molecule has 3 aliphatic carbocycles. The van der Waals surface area contributed by atoms with Crippen LogP contribution in [0.5, 0.6) is 5.75 Å². The molecule has 12 heteroatoms. The van der Waals surface area contributed by atoms with Crippen molar-refractivity contribution < 1.29 is 38.9 Å². The van der Waals surface area contributed by atoms with Crippen LogP contribution in [-0.4, -0.2) is 89.6 Å². The zero-order chi connectivity index (χ0) is 32.5. The Morgan fingerprint density at radius 2 is 1.87 bits per heavy atom. The standard InChI is InChI=1S/C33H34N4O8/c1-36(2)20-14-19-29(45-22(35-19)11-10-15-8-6-7-9-21(15)44-5)24-17(20)12-16-13-18-26(37(3)4)28(39)25(32(34)42)31(41)33(18,43)30(40)23(16)27(24)38/h6-11,14,16,18,26,38,41,43H,12-13H2,1-5H3,(H2,34,42)/b11-10+/t16?,18?,26-,33-/m0/s1. The quantitative estimate of drug-likeness (QED) is 0.300. The Kier molecular flexibility index (Phi) is 7.09. The fourth-order valence-corrected chi connectivity index (χ4v) is 7.13. The number of hydrogen-bond acceptors (Lipinski definition) is 11. The van der Waals surface area contributed by atoms with Gasteiger partial charge in [-0.3, -0.25) is 19.3 Å². The van der Waals surface area contributed by atoms with Gasteiger partial charge in [-0.25, -0.2) is 4.98 Å². The number of likely N-dealkylation sites (N-methyl/N-ethyl adjacent to an activating group) is 1. The number of carbonyl (C=O) groups excluding carboxylic acids is 3. The number of carbonyl (C=O) groups is 3. The van der Waals surface area contributed by atoms with E-state index in [9.17, 15) is 29.7 Å². The van der Waals surface area contributed by atoms with Gasteiger partial charge < -0.3 is 35.1 Å². The highest BCUT2D eigenvalue weighted by molar-refractivity contribution is 6.24. The molecule has 45 heavy (non-hydrogen) atoms. The first-order chi connectivity index (χ1) is 21.3. The number of hydrogen-bond donors (Lipinski definition) is 4. The van der Waals surface area contributed by atoms with Crippen LogP contribution in [0.25, 0.3) is 29.0 Å². The number of anilines is 1. The highest BCUT2D eigenvalue weighted by Crippen LogP contribution is 2.53. The molecule has 1 amide bonds. The summed E-state index contributed by atoms with van der Waals surface area (Å²) < 4.78 is 11.6. The predicted octanol–water partition coefficient (Wildman–Crippen LogP) is 2.64. The summed E-state index contributed by atoms with van der Waals surface area (Å²) in [5.74, 6) is -5.36. The number of nitrogens with zero attached hydrogens (tertiary/aromatic N) is 3. The maximum Gasteiger partial charge on any atom is 0.255 e. The molecule has 1 saturated carbocycles. The SMILES string of the molecule is COc1ccccc1/C=C/c1nc2cc(N(C)C)c3c(c2o1)C(O)=C1C(=O)[C@]2(O)C(O)=C(C(N)=O)C(=O)[C@@H](N(C)C)C2CC1C3. The number of aliphatic hydroxyl groups excluding tert-OH is 2. The molecule has 1 fully saturated rings. The van der Waals surface area contributed by atoms with E-state index in [1.807, 2.05) is 49.3 Å². The molecular weight excluding hydrogens is 580 g/mol. The number of aliphatic hydroxyl groups is 3. The number of oxazole rings is 1. The molecule has 0 spiro atoms. The molecule has 12 nitrogen and oxygen atoms in total. The van der Waals surface area contributed by atoms with Crippen molar-refractivity contribution >= 4 is 52.2 Å². The number of nitrogens with two attached hydrogens (primary N) is 1. The van der Waals surface area contributed by atoms with Crippen LogP contribution in [0.3, 0.4) is 0 Å². The smallest absolute Gasteiger partial charge is 0.255 e. The second-order valence-corrected chi connectivity index (χ2v) is 12.1. The zero-order valence-electron chi connectivity index (χ0n) is 25.5. The van der Waals surface area contributed by atoms with Gasteiger partial charge in [0.2, 0.25) is 11.7 Å². The van der Waals surface area contributed by atoms with E-state index >= 15 is 0 Å². The molecule has 4 atom stereocenters. The van der Waals surface area contributed by atoms with E-state index in [-0.39, 0.29) is 35.5 Å². The number of amides is 1. The molecule has 0 saturated heterocycles. The Hall–Kier alpha value is -4.94. The summed E-state index contributed by atoms with van der Waals surface area (Å²) >= 11 is 0. The minimum absolute atomic E-state index is 0.0555. The number of ether oxygens (including phenoxy) is 1.